The van der Waals surface area contributed by atoms with E-state index in [0.29, 0.717) is 5.69 Å². The minimum absolute atomic E-state index is 0.00363. The van der Waals surface area contributed by atoms with Gasteiger partial charge in [0.2, 0.25) is 5.91 Å². The molecule has 1 heterocycles. The summed E-state index contributed by atoms with van der Waals surface area (Å²) in [5, 5.41) is 15.6. The molecular weight excluding hydrogens is 264 g/mol. The molecule has 2 aliphatic rings. The van der Waals surface area contributed by atoms with Crippen LogP contribution < -0.4 is 10.6 Å². The van der Waals surface area contributed by atoms with Crippen molar-refractivity contribution in [2.75, 3.05) is 10.6 Å². The highest BCUT2D eigenvalue weighted by atomic mass is 16.3. The number of aromatic hydroxyl groups is 1. The first-order valence-corrected chi connectivity index (χ1v) is 8.04. The van der Waals surface area contributed by atoms with Gasteiger partial charge in [0.05, 0.1) is 11.4 Å². The van der Waals surface area contributed by atoms with Crippen LogP contribution in [0.4, 0.5) is 11.4 Å². The molecule has 1 aromatic carbocycles. The third-order valence-electron chi connectivity index (χ3n) is 4.75. The average Bonchev–Trinajstić information content (AvgIpc) is 3.15. The van der Waals surface area contributed by atoms with Gasteiger partial charge in [-0.1, -0.05) is 32.6 Å². The van der Waals surface area contributed by atoms with Gasteiger partial charge in [-0.25, -0.2) is 0 Å². The number of carbonyl (C=O) groups is 1. The van der Waals surface area contributed by atoms with Crippen molar-refractivity contribution in [3.8, 4) is 5.75 Å². The Morgan fingerprint density at radius 1 is 1.19 bits per heavy atom. The van der Waals surface area contributed by atoms with Gasteiger partial charge in [0.15, 0.2) is 0 Å². The largest absolute Gasteiger partial charge is 0.508 e. The zero-order valence-corrected chi connectivity index (χ0v) is 12.6. The number of nitrogens with one attached hydrogen (secondary N) is 2. The van der Waals surface area contributed by atoms with Crippen LogP contribution in [-0.2, 0) is 4.79 Å². The Balaban J connectivity index is 1.43. The highest BCUT2D eigenvalue weighted by Crippen LogP contribution is 2.41. The van der Waals surface area contributed by atoms with Crippen molar-refractivity contribution in [1.29, 1.82) is 0 Å². The Kier molecular flexibility index (Phi) is 4.04. The van der Waals surface area contributed by atoms with Gasteiger partial charge in [-0.3, -0.25) is 4.79 Å². The lowest BCUT2D eigenvalue weighted by atomic mass is 10.0. The lowest BCUT2D eigenvalue weighted by molar-refractivity contribution is -0.117. The van der Waals surface area contributed by atoms with Crippen molar-refractivity contribution >= 4 is 17.3 Å². The van der Waals surface area contributed by atoms with E-state index in [1.54, 1.807) is 12.1 Å². The zero-order valence-electron chi connectivity index (χ0n) is 12.6. The quantitative estimate of drug-likeness (QED) is 0.552. The predicted octanol–water partition coefficient (Wildman–Crippen LogP) is 3.73. The Morgan fingerprint density at radius 3 is 2.71 bits per heavy atom. The maximum absolute atomic E-state index is 12.0. The molecule has 3 atom stereocenters. The Morgan fingerprint density at radius 2 is 1.95 bits per heavy atom. The number of hydrogen-bond donors (Lipinski definition) is 3. The third-order valence-corrected chi connectivity index (χ3v) is 4.75. The fourth-order valence-corrected chi connectivity index (χ4v) is 3.17. The van der Waals surface area contributed by atoms with E-state index >= 15 is 0 Å². The van der Waals surface area contributed by atoms with Crippen molar-refractivity contribution in [3.05, 3.63) is 18.2 Å². The monoisotopic (exact) mass is 288 g/mol. The van der Waals surface area contributed by atoms with E-state index in [9.17, 15) is 9.90 Å². The van der Waals surface area contributed by atoms with Gasteiger partial charge in [0, 0.05) is 6.07 Å². The van der Waals surface area contributed by atoms with Crippen molar-refractivity contribution in [2.45, 2.75) is 51.5 Å². The second-order valence-electron chi connectivity index (χ2n) is 6.53. The van der Waals surface area contributed by atoms with E-state index in [-0.39, 0.29) is 17.7 Å². The van der Waals surface area contributed by atoms with E-state index in [1.165, 1.54) is 25.7 Å². The number of hydrogen-bond acceptors (Lipinski definition) is 3. The van der Waals surface area contributed by atoms with E-state index in [0.717, 1.165) is 30.4 Å². The Labute approximate surface area is 125 Å². The molecule has 3 N–H and O–H groups in total. The molecule has 0 radical (unpaired) electrons. The molecule has 1 saturated carbocycles. The van der Waals surface area contributed by atoms with E-state index < -0.39 is 0 Å². The molecule has 1 aliphatic heterocycles. The number of fused-ring (bicyclic) bond motifs is 1. The van der Waals surface area contributed by atoms with Gasteiger partial charge in [-0.15, -0.1) is 0 Å². The first kappa shape index (κ1) is 14.2. The van der Waals surface area contributed by atoms with Crippen LogP contribution in [0.25, 0.3) is 0 Å². The fraction of sp³-hybridized carbons (Fsp3) is 0.588. The van der Waals surface area contributed by atoms with Crippen molar-refractivity contribution < 1.29 is 9.90 Å². The minimum atomic E-state index is -0.151. The van der Waals surface area contributed by atoms with Crippen molar-refractivity contribution in [1.82, 2.24) is 0 Å². The summed E-state index contributed by atoms with van der Waals surface area (Å²) >= 11 is 0. The Hall–Kier alpha value is -1.71. The molecule has 0 aromatic heterocycles. The van der Waals surface area contributed by atoms with Gasteiger partial charge >= 0.3 is 0 Å². The molecule has 0 saturated heterocycles. The first-order valence-electron chi connectivity index (χ1n) is 8.04. The summed E-state index contributed by atoms with van der Waals surface area (Å²) in [6.07, 6.45) is 7.21. The molecule has 1 aromatic rings. The zero-order chi connectivity index (χ0) is 14.8. The SMILES string of the molecule is CC1CC1CCCCCC1Nc2ccc(O)cc2NC1=O. The molecular formula is C17H24N2O2. The molecule has 1 amide bonds. The summed E-state index contributed by atoms with van der Waals surface area (Å²) in [4.78, 5) is 12.0. The van der Waals surface area contributed by atoms with Crippen molar-refractivity contribution in [2.24, 2.45) is 11.8 Å². The standard InChI is InChI=1S/C17H24N2O2/c1-11-9-12(11)5-3-2-4-6-15-17(21)19-16-10-13(20)7-8-14(16)18-15/h7-8,10-12,15,18,20H,2-6,9H2,1H3,(H,19,21). The van der Waals surface area contributed by atoms with Crippen LogP contribution in [0.1, 0.15) is 45.4 Å². The maximum Gasteiger partial charge on any atom is 0.246 e. The smallest absolute Gasteiger partial charge is 0.246 e. The number of phenolic OH excluding ortho intramolecular Hbond substituents is 1. The van der Waals surface area contributed by atoms with Gasteiger partial charge in [-0.2, -0.15) is 0 Å². The van der Waals surface area contributed by atoms with Gasteiger partial charge in [0.25, 0.3) is 0 Å². The number of unbranched alkanes of at least 4 members (excludes halogenated alkanes) is 2. The van der Waals surface area contributed by atoms with Gasteiger partial charge in [-0.05, 0) is 36.8 Å². The molecule has 1 aliphatic carbocycles. The van der Waals surface area contributed by atoms with Crippen LogP contribution in [0.3, 0.4) is 0 Å². The van der Waals surface area contributed by atoms with E-state index in [2.05, 4.69) is 17.6 Å². The van der Waals surface area contributed by atoms with Crippen LogP contribution in [0, 0.1) is 11.8 Å². The van der Waals surface area contributed by atoms with Crippen LogP contribution >= 0.6 is 0 Å². The molecule has 4 heteroatoms. The fourth-order valence-electron chi connectivity index (χ4n) is 3.17. The molecule has 21 heavy (non-hydrogen) atoms. The number of rotatable bonds is 6. The molecule has 0 spiro atoms. The number of amides is 1. The minimum Gasteiger partial charge on any atom is -0.508 e. The molecule has 3 unspecified atom stereocenters. The first-order chi connectivity index (χ1) is 10.1. The van der Waals surface area contributed by atoms with E-state index in [4.69, 9.17) is 0 Å². The maximum atomic E-state index is 12.0. The van der Waals surface area contributed by atoms with Crippen LogP contribution in [0.5, 0.6) is 5.75 Å². The van der Waals surface area contributed by atoms with Crippen LogP contribution in [0.2, 0.25) is 0 Å². The lowest BCUT2D eigenvalue weighted by Crippen LogP contribution is -2.38. The number of anilines is 2. The molecule has 114 valence electrons. The number of carbonyl (C=O) groups excluding carboxylic acids is 1. The normalized spacial score (nSPS) is 26.7. The topological polar surface area (TPSA) is 61.4 Å². The predicted molar refractivity (Wildman–Crippen MR) is 84.5 cm³/mol. The summed E-state index contributed by atoms with van der Waals surface area (Å²) < 4.78 is 0. The average molecular weight is 288 g/mol. The highest BCUT2D eigenvalue weighted by Gasteiger charge is 2.31. The third kappa shape index (κ3) is 3.49. The highest BCUT2D eigenvalue weighted by molar-refractivity contribution is 6.03. The van der Waals surface area contributed by atoms with Gasteiger partial charge < -0.3 is 15.7 Å². The van der Waals surface area contributed by atoms with Gasteiger partial charge in [0.1, 0.15) is 11.8 Å². The number of phenols is 1. The summed E-state index contributed by atoms with van der Waals surface area (Å²) in [7, 11) is 0. The summed E-state index contributed by atoms with van der Waals surface area (Å²) in [5.41, 5.74) is 1.56. The molecule has 0 bridgehead atoms. The molecule has 1 fully saturated rings. The molecule has 4 nitrogen and oxygen atoms in total. The summed E-state index contributed by atoms with van der Waals surface area (Å²) in [6.45, 7) is 2.33. The van der Waals surface area contributed by atoms with E-state index in [1.807, 2.05) is 6.07 Å². The molecule has 3 rings (SSSR count). The van der Waals surface area contributed by atoms with Crippen LogP contribution in [0.15, 0.2) is 18.2 Å². The number of benzene rings is 1. The summed E-state index contributed by atoms with van der Waals surface area (Å²) in [5.74, 6) is 2.09. The van der Waals surface area contributed by atoms with Crippen LogP contribution in [-0.4, -0.2) is 17.1 Å². The Bertz CT molecular complexity index is 530. The second kappa shape index (κ2) is 5.96. The second-order valence-corrected chi connectivity index (χ2v) is 6.53. The lowest BCUT2D eigenvalue weighted by Gasteiger charge is -2.26. The summed E-state index contributed by atoms with van der Waals surface area (Å²) in [6, 6.07) is 4.87. The van der Waals surface area contributed by atoms with Crippen molar-refractivity contribution in [3.63, 3.8) is 0 Å².